The molecule has 4 heteroatoms. The molecule has 0 bridgehead atoms. The van der Waals surface area contributed by atoms with Crippen LogP contribution in [0.3, 0.4) is 0 Å². The second-order valence-corrected chi connectivity index (χ2v) is 5.35. The minimum absolute atomic E-state index is 0.291. The fourth-order valence-electron chi connectivity index (χ4n) is 2.02. The van der Waals surface area contributed by atoms with E-state index in [0.29, 0.717) is 11.4 Å². The third kappa shape index (κ3) is 4.99. The zero-order valence-corrected chi connectivity index (χ0v) is 12.6. The molecular weight excluding hydrogens is 246 g/mol. The Labute approximate surface area is 116 Å². The molecule has 1 unspecified atom stereocenters. The average Bonchev–Trinajstić information content (AvgIpc) is 2.84. The summed E-state index contributed by atoms with van der Waals surface area (Å²) in [6.07, 6.45) is 6.41. The normalized spacial score (nSPS) is 13.2. The molecule has 104 valence electrons. The van der Waals surface area contributed by atoms with Crippen molar-refractivity contribution in [3.63, 3.8) is 0 Å². The lowest BCUT2D eigenvalue weighted by atomic mass is 10.2. The monoisotopic (exact) mass is 271 g/mol. The number of hydrogen-bond donors (Lipinski definition) is 1. The standard InChI is InChI=1S/C14H26ClN3/c1-4-12(15)7-9-16-11-13-8-10-18(17-13)14(5-2)6-3/h8,10,12,14,16H,4-7,9,11H2,1-3H3. The van der Waals surface area contributed by atoms with Gasteiger partial charge in [-0.1, -0.05) is 20.8 Å². The number of halogens is 1. The van der Waals surface area contributed by atoms with Crippen molar-refractivity contribution in [3.05, 3.63) is 18.0 Å². The molecular formula is C14H26ClN3. The van der Waals surface area contributed by atoms with Crippen molar-refractivity contribution in [1.82, 2.24) is 15.1 Å². The Morgan fingerprint density at radius 2 is 2.00 bits per heavy atom. The number of nitrogens with one attached hydrogen (secondary N) is 1. The lowest BCUT2D eigenvalue weighted by Crippen LogP contribution is -2.18. The number of nitrogens with zero attached hydrogens (tertiary/aromatic N) is 2. The molecule has 18 heavy (non-hydrogen) atoms. The largest absolute Gasteiger partial charge is 0.311 e. The molecule has 0 fully saturated rings. The number of alkyl halides is 1. The van der Waals surface area contributed by atoms with Gasteiger partial charge in [0.15, 0.2) is 0 Å². The van der Waals surface area contributed by atoms with Crippen LogP contribution in [0.15, 0.2) is 12.3 Å². The molecule has 0 aliphatic rings. The highest BCUT2D eigenvalue weighted by atomic mass is 35.5. The molecule has 0 aromatic carbocycles. The predicted octanol–water partition coefficient (Wildman–Crippen LogP) is 3.74. The van der Waals surface area contributed by atoms with Gasteiger partial charge in [0.25, 0.3) is 0 Å². The smallest absolute Gasteiger partial charge is 0.0762 e. The van der Waals surface area contributed by atoms with Gasteiger partial charge in [0, 0.05) is 18.1 Å². The molecule has 1 rings (SSSR count). The Bertz CT molecular complexity index is 321. The van der Waals surface area contributed by atoms with E-state index < -0.39 is 0 Å². The Kier molecular flexibility index (Phi) is 7.36. The second-order valence-electron chi connectivity index (χ2n) is 4.73. The van der Waals surface area contributed by atoms with E-state index in [1.165, 1.54) is 0 Å². The summed E-state index contributed by atoms with van der Waals surface area (Å²) >= 11 is 6.07. The maximum Gasteiger partial charge on any atom is 0.0762 e. The third-order valence-corrected chi connectivity index (χ3v) is 3.89. The topological polar surface area (TPSA) is 29.9 Å². The fourth-order valence-corrected chi connectivity index (χ4v) is 2.13. The highest BCUT2D eigenvalue weighted by molar-refractivity contribution is 6.20. The maximum atomic E-state index is 6.07. The van der Waals surface area contributed by atoms with Gasteiger partial charge in [0.2, 0.25) is 0 Å². The number of aromatic nitrogens is 2. The first-order chi connectivity index (χ1) is 8.71. The second kappa shape index (κ2) is 8.54. The fraction of sp³-hybridized carbons (Fsp3) is 0.786. The van der Waals surface area contributed by atoms with Gasteiger partial charge >= 0.3 is 0 Å². The maximum absolute atomic E-state index is 6.07. The number of hydrogen-bond acceptors (Lipinski definition) is 2. The van der Waals surface area contributed by atoms with E-state index in [-0.39, 0.29) is 0 Å². The summed E-state index contributed by atoms with van der Waals surface area (Å²) in [4.78, 5) is 0. The molecule has 0 radical (unpaired) electrons. The quantitative estimate of drug-likeness (QED) is 0.548. The molecule has 1 aromatic rings. The van der Waals surface area contributed by atoms with E-state index in [1.807, 2.05) is 0 Å². The van der Waals surface area contributed by atoms with Gasteiger partial charge in [0.05, 0.1) is 11.7 Å². The lowest BCUT2D eigenvalue weighted by molar-refractivity contribution is 0.424. The Morgan fingerprint density at radius 3 is 2.61 bits per heavy atom. The minimum Gasteiger partial charge on any atom is -0.311 e. The Hall–Kier alpha value is -0.540. The highest BCUT2D eigenvalue weighted by Crippen LogP contribution is 2.14. The van der Waals surface area contributed by atoms with Crippen LogP contribution in [0.2, 0.25) is 0 Å². The van der Waals surface area contributed by atoms with Crippen LogP contribution in [-0.4, -0.2) is 21.7 Å². The van der Waals surface area contributed by atoms with Crippen LogP contribution in [0.5, 0.6) is 0 Å². The van der Waals surface area contributed by atoms with Gasteiger partial charge in [0.1, 0.15) is 0 Å². The molecule has 1 aromatic heterocycles. The zero-order chi connectivity index (χ0) is 13.4. The molecule has 0 aliphatic carbocycles. The Morgan fingerprint density at radius 1 is 1.28 bits per heavy atom. The Balaban J connectivity index is 2.31. The van der Waals surface area contributed by atoms with E-state index in [4.69, 9.17) is 11.6 Å². The summed E-state index contributed by atoms with van der Waals surface area (Å²) in [6, 6.07) is 2.63. The van der Waals surface area contributed by atoms with Gasteiger partial charge in [-0.2, -0.15) is 5.10 Å². The van der Waals surface area contributed by atoms with E-state index in [2.05, 4.69) is 48.1 Å². The van der Waals surface area contributed by atoms with Gasteiger partial charge in [-0.05, 0) is 38.3 Å². The summed E-state index contributed by atoms with van der Waals surface area (Å²) in [5, 5.41) is 8.30. The van der Waals surface area contributed by atoms with Crippen LogP contribution in [0, 0.1) is 0 Å². The van der Waals surface area contributed by atoms with Crippen LogP contribution in [-0.2, 0) is 6.54 Å². The molecule has 0 amide bonds. The third-order valence-electron chi connectivity index (χ3n) is 3.36. The summed E-state index contributed by atoms with van der Waals surface area (Å²) in [6.45, 7) is 8.33. The summed E-state index contributed by atoms with van der Waals surface area (Å²) < 4.78 is 2.09. The minimum atomic E-state index is 0.291. The molecule has 1 heterocycles. The highest BCUT2D eigenvalue weighted by Gasteiger charge is 2.07. The van der Waals surface area contributed by atoms with Crippen LogP contribution in [0.4, 0.5) is 0 Å². The van der Waals surface area contributed by atoms with Gasteiger partial charge < -0.3 is 5.32 Å². The summed E-state index contributed by atoms with van der Waals surface area (Å²) in [7, 11) is 0. The first-order valence-electron chi connectivity index (χ1n) is 7.10. The molecule has 0 spiro atoms. The SMILES string of the molecule is CCC(Cl)CCNCc1ccn(C(CC)CC)n1. The summed E-state index contributed by atoms with van der Waals surface area (Å²) in [5.74, 6) is 0. The first-order valence-corrected chi connectivity index (χ1v) is 7.53. The zero-order valence-electron chi connectivity index (χ0n) is 11.8. The van der Waals surface area contributed by atoms with Crippen molar-refractivity contribution in [3.8, 4) is 0 Å². The van der Waals surface area contributed by atoms with Crippen LogP contribution < -0.4 is 5.32 Å². The summed E-state index contributed by atoms with van der Waals surface area (Å²) in [5.41, 5.74) is 1.12. The molecule has 1 atom stereocenters. The molecule has 3 nitrogen and oxygen atoms in total. The van der Waals surface area contributed by atoms with Crippen LogP contribution >= 0.6 is 11.6 Å². The van der Waals surface area contributed by atoms with Crippen molar-refractivity contribution in [1.29, 1.82) is 0 Å². The van der Waals surface area contributed by atoms with Gasteiger partial charge in [-0.25, -0.2) is 0 Å². The van der Waals surface area contributed by atoms with Crippen molar-refractivity contribution >= 4 is 11.6 Å². The molecule has 0 saturated heterocycles. The lowest BCUT2D eigenvalue weighted by Gasteiger charge is -2.12. The molecule has 0 saturated carbocycles. The average molecular weight is 272 g/mol. The van der Waals surface area contributed by atoms with E-state index in [1.54, 1.807) is 0 Å². The van der Waals surface area contributed by atoms with Crippen LogP contribution in [0.25, 0.3) is 0 Å². The van der Waals surface area contributed by atoms with Gasteiger partial charge in [-0.3, -0.25) is 4.68 Å². The van der Waals surface area contributed by atoms with Crippen molar-refractivity contribution in [2.75, 3.05) is 6.54 Å². The van der Waals surface area contributed by atoms with Crippen molar-refractivity contribution in [2.45, 2.75) is 64.4 Å². The van der Waals surface area contributed by atoms with Crippen molar-refractivity contribution < 1.29 is 0 Å². The molecule has 0 aliphatic heterocycles. The van der Waals surface area contributed by atoms with Crippen molar-refractivity contribution in [2.24, 2.45) is 0 Å². The van der Waals surface area contributed by atoms with E-state index in [0.717, 1.165) is 44.5 Å². The van der Waals surface area contributed by atoms with E-state index in [9.17, 15) is 0 Å². The molecule has 1 N–H and O–H groups in total. The van der Waals surface area contributed by atoms with Crippen LogP contribution in [0.1, 0.15) is 58.2 Å². The van der Waals surface area contributed by atoms with E-state index >= 15 is 0 Å². The number of rotatable bonds is 9. The predicted molar refractivity (Wildman–Crippen MR) is 78.1 cm³/mol. The van der Waals surface area contributed by atoms with Gasteiger partial charge in [-0.15, -0.1) is 11.6 Å². The first kappa shape index (κ1) is 15.5.